The highest BCUT2D eigenvalue weighted by atomic mass is 35.5. The smallest absolute Gasteiger partial charge is 0.335 e. The number of aromatic carboxylic acids is 1. The van der Waals surface area contributed by atoms with Gasteiger partial charge in [0.1, 0.15) is 17.3 Å². The Kier molecular flexibility index (Phi) is 4.97. The molecule has 3 fully saturated rings. The van der Waals surface area contributed by atoms with E-state index < -0.39 is 11.8 Å². The maximum Gasteiger partial charge on any atom is 0.335 e. The molecule has 7 nitrogen and oxygen atoms in total. The van der Waals surface area contributed by atoms with Crippen LogP contribution in [0.5, 0.6) is 5.75 Å². The zero-order valence-corrected chi connectivity index (χ0v) is 16.5. The van der Waals surface area contributed by atoms with Crippen molar-refractivity contribution in [2.45, 2.75) is 31.2 Å². The molecule has 1 amide bonds. The van der Waals surface area contributed by atoms with E-state index in [9.17, 15) is 18.8 Å². The van der Waals surface area contributed by atoms with Gasteiger partial charge in [-0.2, -0.15) is 0 Å². The lowest BCUT2D eigenvalue weighted by atomic mass is 9.38. The van der Waals surface area contributed by atoms with Crippen molar-refractivity contribution in [2.24, 2.45) is 5.41 Å². The molecular weight excluding hydrogens is 415 g/mol. The number of carbonyl (C=O) groups is 3. The Morgan fingerprint density at radius 1 is 1.20 bits per heavy atom. The first-order valence-electron chi connectivity index (χ1n) is 9.31. The van der Waals surface area contributed by atoms with E-state index in [0.717, 1.165) is 6.07 Å². The molecule has 9 heteroatoms. The highest BCUT2D eigenvalue weighted by Crippen LogP contribution is 2.69. The molecule has 2 bridgehead atoms. The van der Waals surface area contributed by atoms with Gasteiger partial charge in [0.15, 0.2) is 12.4 Å². The molecule has 3 aliphatic carbocycles. The van der Waals surface area contributed by atoms with Crippen molar-refractivity contribution in [1.29, 1.82) is 0 Å². The van der Waals surface area contributed by atoms with Gasteiger partial charge in [-0.25, -0.2) is 9.18 Å². The summed E-state index contributed by atoms with van der Waals surface area (Å²) < 4.78 is 18.7. The fraction of sp³-hybridized carbons (Fsp3) is 0.333. The molecule has 3 saturated carbocycles. The minimum Gasteiger partial charge on any atom is -0.484 e. The van der Waals surface area contributed by atoms with Gasteiger partial charge in [-0.3, -0.25) is 14.6 Å². The fourth-order valence-corrected chi connectivity index (χ4v) is 4.63. The Balaban J connectivity index is 1.26. The topological polar surface area (TPSA) is 106 Å². The summed E-state index contributed by atoms with van der Waals surface area (Å²) in [5.41, 5.74) is -0.343. The van der Waals surface area contributed by atoms with Crippen LogP contribution in [0.1, 0.15) is 46.5 Å². The van der Waals surface area contributed by atoms with Crippen molar-refractivity contribution in [3.63, 3.8) is 0 Å². The number of nitrogens with zero attached hydrogens (tertiary/aromatic N) is 1. The first kappa shape index (κ1) is 20.3. The molecule has 2 N–H and O–H groups in total. The average molecular weight is 433 g/mol. The molecule has 1 heterocycles. The number of carboxylic acid groups (broad SMARTS) is 1. The number of carbonyl (C=O) groups excluding carboxylic acids is 2. The van der Waals surface area contributed by atoms with Gasteiger partial charge in [0.2, 0.25) is 0 Å². The summed E-state index contributed by atoms with van der Waals surface area (Å²) in [6.07, 6.45) is 3.59. The number of aromatic nitrogens is 1. The van der Waals surface area contributed by atoms with E-state index in [1.807, 2.05) is 0 Å². The molecule has 0 aliphatic heterocycles. The van der Waals surface area contributed by atoms with Crippen LogP contribution < -0.4 is 10.1 Å². The van der Waals surface area contributed by atoms with E-state index in [4.69, 9.17) is 21.4 Å². The molecule has 1 aromatic carbocycles. The molecule has 0 unspecified atom stereocenters. The molecule has 2 aromatic rings. The molecule has 0 atom stereocenters. The Morgan fingerprint density at radius 3 is 2.60 bits per heavy atom. The highest BCUT2D eigenvalue weighted by Gasteiger charge is 2.68. The second-order valence-corrected chi connectivity index (χ2v) is 8.47. The van der Waals surface area contributed by atoms with Gasteiger partial charge in [-0.05, 0) is 48.9 Å². The number of hydrogen-bond acceptors (Lipinski definition) is 5. The van der Waals surface area contributed by atoms with Crippen molar-refractivity contribution in [3.8, 4) is 5.75 Å². The lowest BCUT2D eigenvalue weighted by Crippen LogP contribution is -2.75. The number of halogens is 2. The number of nitrogens with one attached hydrogen (secondary N) is 1. The average Bonchev–Trinajstić information content (AvgIpc) is 2.66. The van der Waals surface area contributed by atoms with Crippen LogP contribution in [0.25, 0.3) is 0 Å². The Hall–Kier alpha value is -3.00. The first-order valence-corrected chi connectivity index (χ1v) is 9.69. The molecule has 30 heavy (non-hydrogen) atoms. The van der Waals surface area contributed by atoms with Gasteiger partial charge >= 0.3 is 5.97 Å². The summed E-state index contributed by atoms with van der Waals surface area (Å²) in [6.45, 7) is -0.249. The summed E-state index contributed by atoms with van der Waals surface area (Å²) in [5.74, 6) is -2.04. The van der Waals surface area contributed by atoms with E-state index >= 15 is 0 Å². The van der Waals surface area contributed by atoms with E-state index in [0.29, 0.717) is 19.3 Å². The van der Waals surface area contributed by atoms with Gasteiger partial charge in [0.25, 0.3) is 5.91 Å². The Bertz CT molecular complexity index is 1040. The predicted octanol–water partition coefficient (Wildman–Crippen LogP) is 3.26. The van der Waals surface area contributed by atoms with Crippen molar-refractivity contribution in [2.75, 3.05) is 6.61 Å². The number of hydrogen-bond donors (Lipinski definition) is 2. The maximum atomic E-state index is 13.4. The lowest BCUT2D eigenvalue weighted by Gasteiger charge is -2.70. The van der Waals surface area contributed by atoms with Crippen LogP contribution >= 0.6 is 11.6 Å². The van der Waals surface area contributed by atoms with Gasteiger partial charge in [0.05, 0.1) is 10.6 Å². The van der Waals surface area contributed by atoms with Gasteiger partial charge in [-0.15, -0.1) is 0 Å². The molecule has 1 aromatic heterocycles. The number of rotatable bonds is 8. The number of Topliss-reactive ketones (excluding diaryl/α,β-unsaturated/α-hetero) is 1. The second kappa shape index (κ2) is 7.36. The largest absolute Gasteiger partial charge is 0.484 e. The number of ketones is 1. The molecule has 156 valence electrons. The summed E-state index contributed by atoms with van der Waals surface area (Å²) in [6, 6.07) is 6.57. The summed E-state index contributed by atoms with van der Waals surface area (Å²) in [7, 11) is 0. The van der Waals surface area contributed by atoms with Crippen LogP contribution in [-0.2, 0) is 4.79 Å². The maximum absolute atomic E-state index is 13.4. The number of carboxylic acids is 1. The van der Waals surface area contributed by atoms with E-state index in [1.165, 1.54) is 30.5 Å². The highest BCUT2D eigenvalue weighted by molar-refractivity contribution is 6.30. The number of pyridine rings is 1. The minimum absolute atomic E-state index is 0.0228. The van der Waals surface area contributed by atoms with Crippen LogP contribution in [-0.4, -0.2) is 39.9 Å². The number of amides is 1. The van der Waals surface area contributed by atoms with Gasteiger partial charge in [0, 0.05) is 24.2 Å². The third-order valence-electron chi connectivity index (χ3n) is 5.63. The molecule has 0 saturated heterocycles. The third kappa shape index (κ3) is 3.87. The zero-order chi connectivity index (χ0) is 21.5. The van der Waals surface area contributed by atoms with Crippen LogP contribution in [0.2, 0.25) is 5.02 Å². The van der Waals surface area contributed by atoms with Crippen molar-refractivity contribution >= 4 is 29.3 Å². The lowest BCUT2D eigenvalue weighted by molar-refractivity contribution is -0.164. The summed E-state index contributed by atoms with van der Waals surface area (Å²) >= 11 is 5.61. The summed E-state index contributed by atoms with van der Waals surface area (Å²) in [5, 5.41) is 11.9. The first-order chi connectivity index (χ1) is 14.2. The van der Waals surface area contributed by atoms with Gasteiger partial charge in [-0.1, -0.05) is 11.6 Å². The van der Waals surface area contributed by atoms with Crippen LogP contribution in [0.3, 0.4) is 0 Å². The Labute approximate surface area is 176 Å². The van der Waals surface area contributed by atoms with E-state index in [1.54, 1.807) is 0 Å². The van der Waals surface area contributed by atoms with Crippen LogP contribution in [0.15, 0.2) is 36.5 Å². The normalized spacial score (nSPS) is 23.7. The molecule has 5 rings (SSSR count). The van der Waals surface area contributed by atoms with Crippen molar-refractivity contribution in [1.82, 2.24) is 10.3 Å². The van der Waals surface area contributed by atoms with Crippen LogP contribution in [0, 0.1) is 11.2 Å². The Morgan fingerprint density at radius 2 is 1.93 bits per heavy atom. The zero-order valence-electron chi connectivity index (χ0n) is 15.8. The SMILES string of the molecule is O=C(COc1ccc(Cl)c(F)c1)NC12CC(CC(=O)c3cc(C(=O)O)ccn3)(C1)C2. The standard InChI is InChI=1S/C21H18ClFN2O5/c22-14-2-1-13(6-15(14)23)30-8-18(27)25-21-9-20(10-21,11-21)7-17(26)16-5-12(19(28)29)3-4-24-16/h1-6H,7-11H2,(H,25,27)(H,28,29). The third-order valence-corrected chi connectivity index (χ3v) is 5.94. The minimum atomic E-state index is -1.11. The molecule has 3 aliphatic rings. The summed E-state index contributed by atoms with van der Waals surface area (Å²) in [4.78, 5) is 39.7. The number of benzene rings is 1. The van der Waals surface area contributed by atoms with Crippen LogP contribution in [0.4, 0.5) is 4.39 Å². The van der Waals surface area contributed by atoms with Crippen molar-refractivity contribution < 1.29 is 28.6 Å². The monoisotopic (exact) mass is 432 g/mol. The second-order valence-electron chi connectivity index (χ2n) is 8.06. The number of ether oxygens (including phenoxy) is 1. The quantitative estimate of drug-likeness (QED) is 0.620. The van der Waals surface area contributed by atoms with E-state index in [2.05, 4.69) is 10.3 Å². The molecular formula is C21H18ClFN2O5. The molecule has 0 spiro atoms. The molecule has 0 radical (unpaired) electrons. The van der Waals surface area contributed by atoms with Crippen molar-refractivity contribution in [3.05, 3.63) is 58.6 Å². The predicted molar refractivity (Wildman–Crippen MR) is 104 cm³/mol. The fourth-order valence-electron chi connectivity index (χ4n) is 4.51. The van der Waals surface area contributed by atoms with E-state index in [-0.39, 0.29) is 57.7 Å². The van der Waals surface area contributed by atoms with Gasteiger partial charge < -0.3 is 15.2 Å².